The number of nitrogen functional groups attached to an aromatic ring is 1. The van der Waals surface area contributed by atoms with E-state index in [0.717, 1.165) is 22.7 Å². The fraction of sp³-hybridized carbons (Fsp3) is 0.400. The number of carboxylic acids is 1. The number of β-lactam (4-membered cyclic amide) rings is 1. The van der Waals surface area contributed by atoms with Crippen LogP contribution in [-0.2, 0) is 32.4 Å². The van der Waals surface area contributed by atoms with Gasteiger partial charge in [0.05, 0.1) is 5.41 Å². The average molecular weight is 506 g/mol. The Bertz CT molecular complexity index is 1140. The highest BCUT2D eigenvalue weighted by Gasteiger charge is 2.56. The maximum Gasteiger partial charge on any atom is 0.312 e. The smallest absolute Gasteiger partial charge is 0.312 e. The normalized spacial score (nSPS) is 24.2. The third-order valence-electron chi connectivity index (χ3n) is 5.55. The van der Waals surface area contributed by atoms with E-state index in [9.17, 15) is 19.5 Å². The van der Waals surface area contributed by atoms with Gasteiger partial charge in [0.2, 0.25) is 17.4 Å². The van der Waals surface area contributed by atoms with Gasteiger partial charge in [0.15, 0.2) is 5.13 Å². The van der Waals surface area contributed by atoms with Crippen molar-refractivity contribution >= 4 is 51.9 Å². The van der Waals surface area contributed by atoms with E-state index in [1.165, 1.54) is 16.7 Å². The zero-order valence-corrected chi connectivity index (χ0v) is 19.8. The molecule has 2 aliphatic rings. The van der Waals surface area contributed by atoms with Crippen LogP contribution < -0.4 is 16.8 Å². The molecule has 0 bridgehead atoms. The molecule has 3 atom stereocenters. The molecule has 6 N–H and O–H groups in total. The van der Waals surface area contributed by atoms with Gasteiger partial charge < -0.3 is 31.6 Å². The second-order valence-corrected chi connectivity index (χ2v) is 10.1. The van der Waals surface area contributed by atoms with Crippen LogP contribution in [-0.4, -0.2) is 66.6 Å². The maximum atomic E-state index is 13.0. The van der Waals surface area contributed by atoms with Gasteiger partial charge in [-0.25, -0.2) is 0 Å². The molecule has 2 fully saturated rings. The molecule has 0 spiro atoms. The number of hydrogen-bond acceptors (Lipinski definition) is 11. The minimum Gasteiger partial charge on any atom is -0.481 e. The average Bonchev–Trinajstić information content (AvgIpc) is 3.26. The number of aromatic nitrogens is 2. The zero-order valence-electron chi connectivity index (χ0n) is 18.1. The first-order valence-corrected chi connectivity index (χ1v) is 12.1. The van der Waals surface area contributed by atoms with Crippen LogP contribution in [0.25, 0.3) is 0 Å². The van der Waals surface area contributed by atoms with Crippen LogP contribution in [0.2, 0.25) is 0 Å². The molecule has 2 saturated heterocycles. The molecule has 14 heteroatoms. The number of carboxylic acid groups (broad SMARTS) is 1. The predicted octanol–water partition coefficient (Wildman–Crippen LogP) is -0.00930. The van der Waals surface area contributed by atoms with Crippen molar-refractivity contribution in [1.82, 2.24) is 19.6 Å². The summed E-state index contributed by atoms with van der Waals surface area (Å²) >= 11 is 2.21. The summed E-state index contributed by atoms with van der Waals surface area (Å²) in [5.41, 5.74) is 11.8. The number of nitrogens with one attached hydrogen (secondary N) is 1. The van der Waals surface area contributed by atoms with Gasteiger partial charge in [0, 0.05) is 30.4 Å². The molecular formula is C20H23N7O5S2. The van der Waals surface area contributed by atoms with Crippen LogP contribution in [0, 0.1) is 5.41 Å². The van der Waals surface area contributed by atoms with Crippen molar-refractivity contribution in [3.63, 3.8) is 0 Å². The molecule has 0 saturated carbocycles. The summed E-state index contributed by atoms with van der Waals surface area (Å²) < 4.78 is 4.03. The summed E-state index contributed by atoms with van der Waals surface area (Å²) in [5, 5.41) is 15.8. The summed E-state index contributed by atoms with van der Waals surface area (Å²) in [7, 11) is 0. The SMILES string of the molecule is CC1(C(=O)O)CS[C@@H]2C(NC(=O)C(=NOCc3ccc(CN)cc3)c3nsc(N)n3)C(=O)N2C1. The van der Waals surface area contributed by atoms with Gasteiger partial charge in [-0.05, 0) is 18.1 Å². The number of oxime groups is 1. The van der Waals surface area contributed by atoms with E-state index in [-0.39, 0.29) is 41.1 Å². The third-order valence-corrected chi connectivity index (χ3v) is 7.77. The first-order valence-electron chi connectivity index (χ1n) is 10.3. The van der Waals surface area contributed by atoms with Crippen LogP contribution in [0.5, 0.6) is 0 Å². The van der Waals surface area contributed by atoms with E-state index >= 15 is 0 Å². The van der Waals surface area contributed by atoms with Crippen molar-refractivity contribution in [2.75, 3.05) is 18.0 Å². The molecule has 2 aromatic rings. The van der Waals surface area contributed by atoms with Crippen molar-refractivity contribution in [1.29, 1.82) is 0 Å². The monoisotopic (exact) mass is 505 g/mol. The van der Waals surface area contributed by atoms with Gasteiger partial charge in [-0.3, -0.25) is 14.4 Å². The van der Waals surface area contributed by atoms with Crippen molar-refractivity contribution in [3.05, 3.63) is 41.2 Å². The van der Waals surface area contributed by atoms with Gasteiger partial charge >= 0.3 is 5.97 Å². The van der Waals surface area contributed by atoms with Gasteiger partial charge in [-0.15, -0.1) is 11.8 Å². The fourth-order valence-electron chi connectivity index (χ4n) is 3.50. The lowest BCUT2D eigenvalue weighted by molar-refractivity contribution is -0.157. The minimum absolute atomic E-state index is 0.0168. The first kappa shape index (κ1) is 23.9. The first-order chi connectivity index (χ1) is 16.2. The third kappa shape index (κ3) is 4.69. The van der Waals surface area contributed by atoms with Crippen LogP contribution in [0.4, 0.5) is 5.13 Å². The largest absolute Gasteiger partial charge is 0.481 e. The Balaban J connectivity index is 1.44. The number of amides is 2. The number of carbonyl (C=O) groups is 3. The van der Waals surface area contributed by atoms with Crippen molar-refractivity contribution in [2.45, 2.75) is 31.5 Å². The highest BCUT2D eigenvalue weighted by atomic mass is 32.2. The number of nitrogens with two attached hydrogens (primary N) is 2. The van der Waals surface area contributed by atoms with E-state index in [1.807, 2.05) is 24.3 Å². The lowest BCUT2D eigenvalue weighted by Crippen LogP contribution is -2.73. The number of rotatable bonds is 8. The molecule has 1 aromatic carbocycles. The molecular weight excluding hydrogens is 482 g/mol. The number of hydrogen-bond donors (Lipinski definition) is 4. The van der Waals surface area contributed by atoms with Crippen molar-refractivity contribution in [3.8, 4) is 0 Å². The Morgan fingerprint density at radius 1 is 1.35 bits per heavy atom. The Morgan fingerprint density at radius 2 is 2.06 bits per heavy atom. The molecule has 0 radical (unpaired) electrons. The number of aliphatic carboxylic acids is 1. The Kier molecular flexibility index (Phi) is 6.72. The van der Waals surface area contributed by atoms with E-state index < -0.39 is 23.3 Å². The fourth-order valence-corrected chi connectivity index (χ4v) is 5.42. The zero-order chi connectivity index (χ0) is 24.5. The standard InChI is InChI=1S/C20H23N7O5S2/c1-20(18(30)31)8-27-16(29)13(17(27)33-9-20)23-15(28)12(14-24-19(22)34-26-14)25-32-7-11-4-2-10(6-21)3-5-11/h2-5,13,17H,6-9,21H2,1H3,(H,23,28)(H,30,31)(H2,22,24,26)/t13?,17-,20?/m1/s1. The number of thioether (sulfide) groups is 1. The molecule has 2 unspecified atom stereocenters. The molecule has 34 heavy (non-hydrogen) atoms. The van der Waals surface area contributed by atoms with Crippen molar-refractivity contribution in [2.24, 2.45) is 16.3 Å². The lowest BCUT2D eigenvalue weighted by atomic mass is 9.89. The molecule has 1 aromatic heterocycles. The van der Waals surface area contributed by atoms with Gasteiger partial charge in [-0.2, -0.15) is 9.36 Å². The van der Waals surface area contributed by atoms with Crippen molar-refractivity contribution < 1.29 is 24.3 Å². The molecule has 3 heterocycles. The Morgan fingerprint density at radius 3 is 2.68 bits per heavy atom. The molecule has 4 rings (SSSR count). The number of nitrogens with zero attached hydrogens (tertiary/aromatic N) is 4. The number of carbonyl (C=O) groups excluding carboxylic acids is 2. The van der Waals surface area contributed by atoms with E-state index in [4.69, 9.17) is 16.3 Å². The molecule has 2 aliphatic heterocycles. The summed E-state index contributed by atoms with van der Waals surface area (Å²) in [6.07, 6.45) is 0. The summed E-state index contributed by atoms with van der Waals surface area (Å²) in [5.74, 6) is -1.71. The van der Waals surface area contributed by atoms with Gasteiger partial charge in [0.25, 0.3) is 5.91 Å². The lowest BCUT2D eigenvalue weighted by Gasteiger charge is -2.53. The molecule has 0 aliphatic carbocycles. The van der Waals surface area contributed by atoms with Crippen LogP contribution in [0.3, 0.4) is 0 Å². The minimum atomic E-state index is -1.03. The number of fused-ring (bicyclic) bond motifs is 1. The van der Waals surface area contributed by atoms with Crippen LogP contribution >= 0.6 is 23.3 Å². The van der Waals surface area contributed by atoms with E-state index in [1.54, 1.807) is 6.92 Å². The summed E-state index contributed by atoms with van der Waals surface area (Å²) in [6.45, 7) is 2.19. The Labute approximate surface area is 202 Å². The van der Waals surface area contributed by atoms with Gasteiger partial charge in [-0.1, -0.05) is 29.4 Å². The number of anilines is 1. The molecule has 180 valence electrons. The second-order valence-electron chi connectivity index (χ2n) is 8.17. The van der Waals surface area contributed by atoms with E-state index in [0.29, 0.717) is 12.3 Å². The van der Waals surface area contributed by atoms with E-state index in [2.05, 4.69) is 19.8 Å². The topological polar surface area (TPSA) is 186 Å². The Hall–Kier alpha value is -3.23. The summed E-state index contributed by atoms with van der Waals surface area (Å²) in [6, 6.07) is 6.58. The summed E-state index contributed by atoms with van der Waals surface area (Å²) in [4.78, 5) is 48.0. The quantitative estimate of drug-likeness (QED) is 0.216. The molecule has 2 amide bonds. The van der Waals surface area contributed by atoms with Crippen LogP contribution in [0.1, 0.15) is 23.9 Å². The van der Waals surface area contributed by atoms with Crippen LogP contribution in [0.15, 0.2) is 29.4 Å². The predicted molar refractivity (Wildman–Crippen MR) is 126 cm³/mol. The van der Waals surface area contributed by atoms with Gasteiger partial charge in [0.1, 0.15) is 18.0 Å². The number of benzene rings is 1. The molecule has 12 nitrogen and oxygen atoms in total. The highest BCUT2D eigenvalue weighted by molar-refractivity contribution is 8.00. The second kappa shape index (κ2) is 9.56. The highest BCUT2D eigenvalue weighted by Crippen LogP contribution is 2.41. The maximum absolute atomic E-state index is 13.0.